The highest BCUT2D eigenvalue weighted by molar-refractivity contribution is 5.71. The van der Waals surface area contributed by atoms with E-state index in [4.69, 9.17) is 14.2 Å². The van der Waals surface area contributed by atoms with Crippen molar-refractivity contribution in [2.24, 2.45) is 0 Å². The second-order valence-corrected chi connectivity index (χ2v) is 19.5. The smallest absolute Gasteiger partial charge is 0.306 e. The number of hydrogen-bond acceptors (Lipinski definition) is 6. The van der Waals surface area contributed by atoms with Crippen molar-refractivity contribution in [1.82, 2.24) is 0 Å². The van der Waals surface area contributed by atoms with Gasteiger partial charge < -0.3 is 14.2 Å². The number of rotatable bonds is 53. The first kappa shape index (κ1) is 65.8. The summed E-state index contributed by atoms with van der Waals surface area (Å²) < 4.78 is 16.8. The zero-order chi connectivity index (χ0) is 50.0. The van der Waals surface area contributed by atoms with Crippen LogP contribution >= 0.6 is 0 Å². The lowest BCUT2D eigenvalue weighted by Gasteiger charge is -2.18. The van der Waals surface area contributed by atoms with Gasteiger partial charge in [0.2, 0.25) is 0 Å². The van der Waals surface area contributed by atoms with Crippen molar-refractivity contribution >= 4 is 17.9 Å². The first-order valence-corrected chi connectivity index (χ1v) is 29.4. The minimum atomic E-state index is -0.799. The lowest BCUT2D eigenvalue weighted by atomic mass is 10.0. The number of esters is 3. The Bertz CT molecular complexity index is 1290. The third kappa shape index (κ3) is 55.6. The van der Waals surface area contributed by atoms with Crippen molar-refractivity contribution < 1.29 is 28.6 Å². The van der Waals surface area contributed by atoms with Gasteiger partial charge in [-0.15, -0.1) is 0 Å². The molecule has 0 aromatic heterocycles. The zero-order valence-corrected chi connectivity index (χ0v) is 45.6. The van der Waals surface area contributed by atoms with Crippen LogP contribution in [-0.4, -0.2) is 37.2 Å². The van der Waals surface area contributed by atoms with E-state index in [0.29, 0.717) is 19.3 Å². The molecule has 1 atom stereocenters. The van der Waals surface area contributed by atoms with Crippen molar-refractivity contribution in [3.05, 3.63) is 72.9 Å². The average Bonchev–Trinajstić information content (AvgIpc) is 3.35. The van der Waals surface area contributed by atoms with Gasteiger partial charge in [0.25, 0.3) is 0 Å². The third-order valence-electron chi connectivity index (χ3n) is 12.7. The molecular weight excluding hydrogens is 853 g/mol. The highest BCUT2D eigenvalue weighted by Gasteiger charge is 2.19. The van der Waals surface area contributed by atoms with Gasteiger partial charge in [0, 0.05) is 19.3 Å². The van der Waals surface area contributed by atoms with Gasteiger partial charge in [-0.1, -0.05) is 261 Å². The molecule has 398 valence electrons. The van der Waals surface area contributed by atoms with Crippen LogP contribution in [0.4, 0.5) is 0 Å². The second-order valence-electron chi connectivity index (χ2n) is 19.5. The number of carbonyl (C=O) groups excluding carboxylic acids is 3. The molecule has 0 fully saturated rings. The molecule has 0 spiro atoms. The maximum absolute atomic E-state index is 12.9. The Kier molecular flexibility index (Phi) is 54.8. The molecule has 0 radical (unpaired) electrons. The molecule has 0 amide bonds. The van der Waals surface area contributed by atoms with E-state index in [9.17, 15) is 14.4 Å². The maximum atomic E-state index is 12.9. The first-order valence-electron chi connectivity index (χ1n) is 29.4. The molecule has 0 unspecified atom stereocenters. The summed E-state index contributed by atoms with van der Waals surface area (Å²) >= 11 is 0. The van der Waals surface area contributed by atoms with E-state index in [0.717, 1.165) is 77.0 Å². The van der Waals surface area contributed by atoms with Gasteiger partial charge >= 0.3 is 17.9 Å². The fourth-order valence-corrected chi connectivity index (χ4v) is 8.30. The summed E-state index contributed by atoms with van der Waals surface area (Å²) in [5.41, 5.74) is 0. The molecule has 6 heteroatoms. The summed E-state index contributed by atoms with van der Waals surface area (Å²) in [4.78, 5) is 38.2. The molecule has 69 heavy (non-hydrogen) atoms. The molecule has 0 saturated carbocycles. The molecule has 0 aliphatic heterocycles. The normalized spacial score (nSPS) is 12.6. The molecule has 0 aromatic rings. The Morgan fingerprint density at radius 1 is 0.304 bits per heavy atom. The van der Waals surface area contributed by atoms with Crippen molar-refractivity contribution in [3.8, 4) is 0 Å². The Labute approximate surface area is 427 Å². The number of allylic oxidation sites excluding steroid dienone is 12. The lowest BCUT2D eigenvalue weighted by molar-refractivity contribution is -0.167. The van der Waals surface area contributed by atoms with Crippen LogP contribution in [0.25, 0.3) is 0 Å². The SMILES string of the molecule is CC/C=C\C/C=C\C/C=C\C/C=C\C/C=C\CCCC(=O)OC[C@H](COC(=O)CCCCCCCCC/C=C\CCCCCCCC)OC(=O)CCCCCCCCCCCCCCCCCCC. The van der Waals surface area contributed by atoms with Crippen LogP contribution in [0.3, 0.4) is 0 Å². The average molecular weight is 964 g/mol. The molecule has 0 aliphatic carbocycles. The van der Waals surface area contributed by atoms with Crippen LogP contribution in [0.5, 0.6) is 0 Å². The van der Waals surface area contributed by atoms with Gasteiger partial charge in [-0.3, -0.25) is 14.4 Å². The van der Waals surface area contributed by atoms with Crippen molar-refractivity contribution in [3.63, 3.8) is 0 Å². The van der Waals surface area contributed by atoms with Crippen LogP contribution in [0, 0.1) is 0 Å². The van der Waals surface area contributed by atoms with Crippen LogP contribution < -0.4 is 0 Å². The summed E-state index contributed by atoms with van der Waals surface area (Å²) in [6.07, 6.45) is 73.3. The van der Waals surface area contributed by atoms with E-state index in [2.05, 4.69) is 93.7 Å². The minimum Gasteiger partial charge on any atom is -0.462 e. The van der Waals surface area contributed by atoms with E-state index in [1.807, 2.05) is 0 Å². The van der Waals surface area contributed by atoms with Gasteiger partial charge in [-0.05, 0) is 83.5 Å². The maximum Gasteiger partial charge on any atom is 0.306 e. The zero-order valence-electron chi connectivity index (χ0n) is 45.6. The summed E-state index contributed by atoms with van der Waals surface area (Å²) in [5, 5.41) is 0. The van der Waals surface area contributed by atoms with Crippen LogP contribution in [0.2, 0.25) is 0 Å². The Morgan fingerprint density at radius 2 is 0.580 bits per heavy atom. The lowest BCUT2D eigenvalue weighted by Crippen LogP contribution is -2.30. The fourth-order valence-electron chi connectivity index (χ4n) is 8.30. The van der Waals surface area contributed by atoms with Gasteiger partial charge in [0.1, 0.15) is 13.2 Å². The van der Waals surface area contributed by atoms with E-state index >= 15 is 0 Å². The van der Waals surface area contributed by atoms with E-state index in [-0.39, 0.29) is 37.5 Å². The first-order chi connectivity index (χ1) is 34.0. The Balaban J connectivity index is 4.45. The van der Waals surface area contributed by atoms with Gasteiger partial charge in [-0.2, -0.15) is 0 Å². The molecule has 0 saturated heterocycles. The summed E-state index contributed by atoms with van der Waals surface area (Å²) in [6.45, 7) is 6.50. The molecular formula is C63H110O6. The minimum absolute atomic E-state index is 0.0929. The summed E-state index contributed by atoms with van der Waals surface area (Å²) in [6, 6.07) is 0. The van der Waals surface area contributed by atoms with Crippen LogP contribution in [0.15, 0.2) is 72.9 Å². The second kappa shape index (κ2) is 57.4. The highest BCUT2D eigenvalue weighted by Crippen LogP contribution is 2.16. The number of hydrogen-bond donors (Lipinski definition) is 0. The molecule has 0 aromatic carbocycles. The topological polar surface area (TPSA) is 78.9 Å². The van der Waals surface area contributed by atoms with Crippen molar-refractivity contribution in [2.45, 2.75) is 297 Å². The third-order valence-corrected chi connectivity index (χ3v) is 12.7. The molecule has 6 nitrogen and oxygen atoms in total. The summed E-state index contributed by atoms with van der Waals surface area (Å²) in [7, 11) is 0. The number of carbonyl (C=O) groups is 3. The number of ether oxygens (including phenoxy) is 3. The van der Waals surface area contributed by atoms with E-state index in [1.165, 1.54) is 167 Å². The molecule has 0 N–H and O–H groups in total. The van der Waals surface area contributed by atoms with E-state index < -0.39 is 6.10 Å². The Morgan fingerprint density at radius 3 is 0.957 bits per heavy atom. The molecule has 0 bridgehead atoms. The number of unbranched alkanes of at least 4 members (excludes halogenated alkanes) is 30. The van der Waals surface area contributed by atoms with Gasteiger partial charge in [0.15, 0.2) is 6.10 Å². The van der Waals surface area contributed by atoms with Gasteiger partial charge in [-0.25, -0.2) is 0 Å². The Hall–Kier alpha value is -3.15. The molecule has 0 rings (SSSR count). The van der Waals surface area contributed by atoms with Crippen LogP contribution in [0.1, 0.15) is 290 Å². The monoisotopic (exact) mass is 963 g/mol. The quantitative estimate of drug-likeness (QED) is 0.0262. The largest absolute Gasteiger partial charge is 0.462 e. The summed E-state index contributed by atoms with van der Waals surface area (Å²) in [5.74, 6) is -0.946. The molecule has 0 heterocycles. The van der Waals surface area contributed by atoms with E-state index in [1.54, 1.807) is 0 Å². The molecule has 0 aliphatic rings. The highest BCUT2D eigenvalue weighted by atomic mass is 16.6. The van der Waals surface area contributed by atoms with Crippen molar-refractivity contribution in [2.75, 3.05) is 13.2 Å². The van der Waals surface area contributed by atoms with Crippen molar-refractivity contribution in [1.29, 1.82) is 0 Å². The van der Waals surface area contributed by atoms with Gasteiger partial charge in [0.05, 0.1) is 0 Å². The standard InChI is InChI=1S/C63H110O6/c1-4-7-10-13-16-19-22-25-28-31-34-37-40-43-46-49-52-55-61(64)67-58-60(69-63(66)57-54-51-48-45-42-39-36-33-30-27-24-21-18-15-12-9-6-3)59-68-62(65)56-53-50-47-44-41-38-35-32-29-26-23-20-17-14-11-8-5-2/h7,10,16,19,25-26,28-29,34,37,43,46,60H,4-6,8-9,11-15,17-18,20-24,27,30-33,35-36,38-42,44-45,47-59H2,1-3H3/b10-7-,19-16-,28-25-,29-26-,37-34-,46-43-/t60-/m1/s1. The fraction of sp³-hybridized carbons (Fsp3) is 0.762. The predicted molar refractivity (Wildman–Crippen MR) is 298 cm³/mol. The van der Waals surface area contributed by atoms with Crippen LogP contribution in [-0.2, 0) is 28.6 Å². The predicted octanol–water partition coefficient (Wildman–Crippen LogP) is 19.8.